The summed E-state index contributed by atoms with van der Waals surface area (Å²) in [7, 11) is -3.57. The van der Waals surface area contributed by atoms with Gasteiger partial charge in [-0.2, -0.15) is 0 Å². The molecule has 2 aromatic carbocycles. The van der Waals surface area contributed by atoms with E-state index in [0.717, 1.165) is 17.2 Å². The van der Waals surface area contributed by atoms with Gasteiger partial charge in [-0.1, -0.05) is 29.8 Å². The number of esters is 2. The molecule has 0 bridgehead atoms. The highest BCUT2D eigenvalue weighted by molar-refractivity contribution is 7.90. The van der Waals surface area contributed by atoms with Crippen molar-refractivity contribution in [1.82, 2.24) is 0 Å². The number of anilines is 1. The molecule has 0 aliphatic carbocycles. The van der Waals surface area contributed by atoms with E-state index in [1.165, 1.54) is 12.1 Å². The minimum Gasteiger partial charge on any atom is -0.465 e. The quantitative estimate of drug-likeness (QED) is 0.565. The predicted octanol–water partition coefficient (Wildman–Crippen LogP) is 2.50. The second-order valence-electron chi connectivity index (χ2n) is 6.11. The zero-order valence-corrected chi connectivity index (χ0v) is 17.9. The van der Waals surface area contributed by atoms with E-state index in [2.05, 4.69) is 0 Å². The fourth-order valence-corrected chi connectivity index (χ4v) is 3.28. The third-order valence-corrected chi connectivity index (χ3v) is 5.31. The van der Waals surface area contributed by atoms with Gasteiger partial charge in [-0.15, -0.1) is 0 Å². The molecule has 0 aliphatic rings. The second kappa shape index (κ2) is 10.2. The van der Waals surface area contributed by atoms with Crippen LogP contribution < -0.4 is 4.90 Å². The summed E-state index contributed by atoms with van der Waals surface area (Å²) >= 11 is 5.97. The highest BCUT2D eigenvalue weighted by Crippen LogP contribution is 2.22. The van der Waals surface area contributed by atoms with Gasteiger partial charge >= 0.3 is 11.9 Å². The van der Waals surface area contributed by atoms with Crippen molar-refractivity contribution in [1.29, 1.82) is 0 Å². The highest BCUT2D eigenvalue weighted by Gasteiger charge is 2.23. The van der Waals surface area contributed by atoms with Crippen molar-refractivity contribution in [3.63, 3.8) is 0 Å². The molecule has 0 heterocycles. The van der Waals surface area contributed by atoms with Gasteiger partial charge in [0.05, 0.1) is 22.1 Å². The Hall–Kier alpha value is -2.91. The van der Waals surface area contributed by atoms with E-state index in [0.29, 0.717) is 5.69 Å². The van der Waals surface area contributed by atoms with Crippen molar-refractivity contribution in [2.45, 2.75) is 11.8 Å². The van der Waals surface area contributed by atoms with Crippen LogP contribution in [0.25, 0.3) is 0 Å². The van der Waals surface area contributed by atoms with Gasteiger partial charge < -0.3 is 9.47 Å². The van der Waals surface area contributed by atoms with E-state index in [1.54, 1.807) is 37.3 Å². The van der Waals surface area contributed by atoms with Gasteiger partial charge in [0.25, 0.3) is 5.91 Å². The lowest BCUT2D eigenvalue weighted by Crippen LogP contribution is -2.39. The number of amides is 1. The number of ether oxygens (including phenoxy) is 2. The zero-order valence-electron chi connectivity index (χ0n) is 16.3. The van der Waals surface area contributed by atoms with Crippen LogP contribution >= 0.6 is 11.6 Å². The largest absolute Gasteiger partial charge is 0.465 e. The third kappa shape index (κ3) is 6.30. The summed E-state index contributed by atoms with van der Waals surface area (Å²) in [4.78, 5) is 37.9. The van der Waals surface area contributed by atoms with E-state index < -0.39 is 34.3 Å². The Morgan fingerprint density at radius 1 is 1.03 bits per heavy atom. The molecule has 0 radical (unpaired) electrons. The number of halogens is 1. The predicted molar refractivity (Wildman–Crippen MR) is 110 cm³/mol. The summed E-state index contributed by atoms with van der Waals surface area (Å²) in [5.41, 5.74) is 0.229. The lowest BCUT2D eigenvalue weighted by molar-refractivity contribution is -0.142. The van der Waals surface area contributed by atoms with Gasteiger partial charge in [-0.25, -0.2) is 13.2 Å². The van der Waals surface area contributed by atoms with Crippen LogP contribution in [0.15, 0.2) is 53.4 Å². The number of carbonyl (C=O) groups excluding carboxylic acids is 3. The molecule has 2 rings (SSSR count). The molecule has 2 aromatic rings. The molecule has 160 valence electrons. The molecule has 8 nitrogen and oxygen atoms in total. The maximum absolute atomic E-state index is 12.6. The van der Waals surface area contributed by atoms with Crippen LogP contribution in [0.2, 0.25) is 5.02 Å². The Balaban J connectivity index is 2.16. The minimum absolute atomic E-state index is 0.0220. The van der Waals surface area contributed by atoms with Crippen molar-refractivity contribution >= 4 is 45.0 Å². The van der Waals surface area contributed by atoms with Gasteiger partial charge in [0.1, 0.15) is 6.54 Å². The molecule has 0 aromatic heterocycles. The van der Waals surface area contributed by atoms with Crippen LogP contribution in [0.4, 0.5) is 5.69 Å². The molecular weight excluding hydrogens is 434 g/mol. The average molecular weight is 454 g/mol. The first kappa shape index (κ1) is 23.4. The molecule has 0 aliphatic heterocycles. The van der Waals surface area contributed by atoms with Crippen molar-refractivity contribution in [2.75, 3.05) is 30.9 Å². The Labute approximate surface area is 179 Å². The van der Waals surface area contributed by atoms with E-state index in [9.17, 15) is 22.8 Å². The van der Waals surface area contributed by atoms with E-state index in [1.807, 2.05) is 0 Å². The topological polar surface area (TPSA) is 107 Å². The first-order valence-electron chi connectivity index (χ1n) is 8.81. The van der Waals surface area contributed by atoms with Gasteiger partial charge in [0.2, 0.25) is 0 Å². The number of hydrogen-bond donors (Lipinski definition) is 0. The Morgan fingerprint density at radius 2 is 1.70 bits per heavy atom. The SMILES string of the molecule is CCOC(=O)CN(C(=O)COC(=O)c1cc(S(C)(=O)=O)ccc1Cl)c1ccccc1. The number of para-hydroxylation sites is 1. The molecule has 30 heavy (non-hydrogen) atoms. The highest BCUT2D eigenvalue weighted by atomic mass is 35.5. The molecule has 10 heteroatoms. The molecule has 0 N–H and O–H groups in total. The first-order chi connectivity index (χ1) is 14.1. The molecule has 0 fully saturated rings. The monoisotopic (exact) mass is 453 g/mol. The molecule has 0 spiro atoms. The summed E-state index contributed by atoms with van der Waals surface area (Å²) in [6, 6.07) is 11.9. The second-order valence-corrected chi connectivity index (χ2v) is 8.53. The molecular formula is C20H20ClNO7S. The maximum atomic E-state index is 12.6. The lowest BCUT2D eigenvalue weighted by Gasteiger charge is -2.21. The molecule has 0 atom stereocenters. The number of sulfone groups is 1. The third-order valence-electron chi connectivity index (χ3n) is 3.87. The molecule has 0 saturated carbocycles. The van der Waals surface area contributed by atoms with Crippen LogP contribution in [0.5, 0.6) is 0 Å². The van der Waals surface area contributed by atoms with Crippen molar-refractivity contribution < 1.29 is 32.3 Å². The van der Waals surface area contributed by atoms with E-state index in [-0.39, 0.29) is 28.6 Å². The molecule has 0 saturated heterocycles. The number of benzene rings is 2. The zero-order chi connectivity index (χ0) is 22.3. The summed E-state index contributed by atoms with van der Waals surface area (Å²) in [5, 5.41) is -0.0220. The molecule has 0 unspecified atom stereocenters. The van der Waals surface area contributed by atoms with E-state index in [4.69, 9.17) is 21.1 Å². The van der Waals surface area contributed by atoms with Crippen LogP contribution in [-0.4, -0.2) is 52.3 Å². The minimum atomic E-state index is -3.57. The fraction of sp³-hybridized carbons (Fsp3) is 0.250. The number of carbonyl (C=O) groups is 3. The van der Waals surface area contributed by atoms with Crippen molar-refractivity contribution in [2.24, 2.45) is 0 Å². The Morgan fingerprint density at radius 3 is 2.30 bits per heavy atom. The smallest absolute Gasteiger partial charge is 0.340 e. The normalized spacial score (nSPS) is 10.9. The Kier molecular flexibility index (Phi) is 7.96. The van der Waals surface area contributed by atoms with Crippen LogP contribution in [0, 0.1) is 0 Å². The van der Waals surface area contributed by atoms with Crippen molar-refractivity contribution in [3.8, 4) is 0 Å². The van der Waals surface area contributed by atoms with Gasteiger partial charge in [0.15, 0.2) is 16.4 Å². The van der Waals surface area contributed by atoms with Gasteiger partial charge in [-0.3, -0.25) is 14.5 Å². The van der Waals surface area contributed by atoms with Gasteiger partial charge in [0, 0.05) is 11.9 Å². The maximum Gasteiger partial charge on any atom is 0.340 e. The fourth-order valence-electron chi connectivity index (χ4n) is 2.44. The van der Waals surface area contributed by atoms with Crippen LogP contribution in [-0.2, 0) is 28.9 Å². The Bertz CT molecular complexity index is 1040. The van der Waals surface area contributed by atoms with Crippen LogP contribution in [0.3, 0.4) is 0 Å². The van der Waals surface area contributed by atoms with E-state index >= 15 is 0 Å². The lowest BCUT2D eigenvalue weighted by atomic mass is 10.2. The van der Waals surface area contributed by atoms with Gasteiger partial charge in [-0.05, 0) is 37.3 Å². The number of hydrogen-bond acceptors (Lipinski definition) is 7. The number of rotatable bonds is 8. The first-order valence-corrected chi connectivity index (χ1v) is 11.1. The molecule has 1 amide bonds. The number of nitrogens with zero attached hydrogens (tertiary/aromatic N) is 1. The average Bonchev–Trinajstić information content (AvgIpc) is 2.70. The summed E-state index contributed by atoms with van der Waals surface area (Å²) in [6.07, 6.45) is 0.988. The summed E-state index contributed by atoms with van der Waals surface area (Å²) in [5.74, 6) is -2.26. The standard InChI is InChI=1S/C20H20ClNO7S/c1-3-28-19(24)12-22(14-7-5-4-6-8-14)18(23)13-29-20(25)16-11-15(30(2,26)27)9-10-17(16)21/h4-11H,3,12-13H2,1-2H3. The summed E-state index contributed by atoms with van der Waals surface area (Å²) < 4.78 is 33.3. The van der Waals surface area contributed by atoms with Crippen LogP contribution in [0.1, 0.15) is 17.3 Å². The van der Waals surface area contributed by atoms with Crippen molar-refractivity contribution in [3.05, 3.63) is 59.1 Å². The summed E-state index contributed by atoms with van der Waals surface area (Å²) in [6.45, 7) is 0.744.